The maximum absolute atomic E-state index is 12.4. The van der Waals surface area contributed by atoms with Crippen LogP contribution in [0.5, 0.6) is 0 Å². The zero-order valence-corrected chi connectivity index (χ0v) is 12.4. The third-order valence-corrected chi connectivity index (χ3v) is 3.56. The predicted molar refractivity (Wildman–Crippen MR) is 85.2 cm³/mol. The van der Waals surface area contributed by atoms with Crippen LogP contribution in [-0.4, -0.2) is 20.0 Å². The molecular weight excluding hydrogens is 280 g/mol. The number of nitrogens with one attached hydrogen (secondary N) is 1. The summed E-state index contributed by atoms with van der Waals surface area (Å²) < 4.78 is 3.20. The average Bonchev–Trinajstić information content (AvgIpc) is 2.80. The van der Waals surface area contributed by atoms with Crippen LogP contribution in [0.25, 0.3) is 16.7 Å². The first-order valence-electron chi connectivity index (χ1n) is 7.04. The van der Waals surface area contributed by atoms with Crippen molar-refractivity contribution in [2.75, 3.05) is 5.32 Å². The topological polar surface area (TPSA) is 68.9 Å². The summed E-state index contributed by atoms with van der Waals surface area (Å²) in [6.45, 7) is 1.78. The van der Waals surface area contributed by atoms with Gasteiger partial charge in [0.2, 0.25) is 5.91 Å². The Balaban J connectivity index is 2.07. The van der Waals surface area contributed by atoms with Gasteiger partial charge in [-0.15, -0.1) is 0 Å². The Labute approximate surface area is 127 Å². The SMILES string of the molecule is CCC(=O)Nc1ccc(-n2c(=O)n(C)c3ccccc32)cn1. The van der Waals surface area contributed by atoms with Crippen LogP contribution >= 0.6 is 0 Å². The van der Waals surface area contributed by atoms with E-state index in [0.29, 0.717) is 17.9 Å². The fourth-order valence-electron chi connectivity index (χ4n) is 2.37. The van der Waals surface area contributed by atoms with Crippen molar-refractivity contribution < 1.29 is 4.79 Å². The van der Waals surface area contributed by atoms with Crippen molar-refractivity contribution in [3.05, 3.63) is 53.1 Å². The second-order valence-electron chi connectivity index (χ2n) is 4.97. The maximum atomic E-state index is 12.4. The van der Waals surface area contributed by atoms with Gasteiger partial charge >= 0.3 is 5.69 Å². The fourth-order valence-corrected chi connectivity index (χ4v) is 2.37. The number of hydrogen-bond acceptors (Lipinski definition) is 3. The van der Waals surface area contributed by atoms with Gasteiger partial charge in [-0.25, -0.2) is 9.78 Å². The van der Waals surface area contributed by atoms with Gasteiger partial charge in [0.1, 0.15) is 5.82 Å². The Morgan fingerprint density at radius 2 is 1.91 bits per heavy atom. The smallest absolute Gasteiger partial charge is 0.311 e. The number of aromatic nitrogens is 3. The van der Waals surface area contributed by atoms with Gasteiger partial charge in [-0.3, -0.25) is 13.9 Å². The van der Waals surface area contributed by atoms with Crippen molar-refractivity contribution in [3.63, 3.8) is 0 Å². The van der Waals surface area contributed by atoms with E-state index in [4.69, 9.17) is 0 Å². The molecule has 22 heavy (non-hydrogen) atoms. The van der Waals surface area contributed by atoms with E-state index in [0.717, 1.165) is 11.0 Å². The summed E-state index contributed by atoms with van der Waals surface area (Å²) in [7, 11) is 1.74. The van der Waals surface area contributed by atoms with Gasteiger partial charge in [0.15, 0.2) is 0 Å². The monoisotopic (exact) mass is 296 g/mol. The minimum atomic E-state index is -0.131. The molecule has 6 nitrogen and oxygen atoms in total. The molecule has 0 radical (unpaired) electrons. The Morgan fingerprint density at radius 3 is 2.55 bits per heavy atom. The van der Waals surface area contributed by atoms with E-state index in [2.05, 4.69) is 10.3 Å². The molecule has 3 rings (SSSR count). The van der Waals surface area contributed by atoms with Gasteiger partial charge < -0.3 is 5.32 Å². The minimum absolute atomic E-state index is 0.0948. The Kier molecular flexibility index (Phi) is 3.50. The summed E-state index contributed by atoms with van der Waals surface area (Å²) in [6.07, 6.45) is 1.98. The number of fused-ring (bicyclic) bond motifs is 1. The first-order chi connectivity index (χ1) is 10.6. The molecule has 0 spiro atoms. The third kappa shape index (κ3) is 2.28. The second kappa shape index (κ2) is 5.48. The molecule has 6 heteroatoms. The van der Waals surface area contributed by atoms with E-state index in [1.807, 2.05) is 24.3 Å². The number of para-hydroxylation sites is 2. The van der Waals surface area contributed by atoms with Crippen molar-refractivity contribution in [2.45, 2.75) is 13.3 Å². The number of imidazole rings is 1. The molecule has 0 aliphatic rings. The molecule has 0 bridgehead atoms. The van der Waals surface area contributed by atoms with Crippen LogP contribution < -0.4 is 11.0 Å². The molecular formula is C16H16N4O2. The second-order valence-corrected chi connectivity index (χ2v) is 4.97. The highest BCUT2D eigenvalue weighted by molar-refractivity contribution is 5.89. The lowest BCUT2D eigenvalue weighted by atomic mass is 10.3. The van der Waals surface area contributed by atoms with Crippen LogP contribution in [-0.2, 0) is 11.8 Å². The zero-order valence-electron chi connectivity index (χ0n) is 12.4. The molecule has 1 N–H and O–H groups in total. The molecule has 2 aromatic heterocycles. The molecule has 0 aliphatic carbocycles. The molecule has 112 valence electrons. The van der Waals surface area contributed by atoms with E-state index >= 15 is 0 Å². The summed E-state index contributed by atoms with van der Waals surface area (Å²) in [5, 5.41) is 2.68. The van der Waals surface area contributed by atoms with Crippen molar-refractivity contribution in [2.24, 2.45) is 7.05 Å². The number of nitrogens with zero attached hydrogens (tertiary/aromatic N) is 3. The summed E-state index contributed by atoms with van der Waals surface area (Å²) >= 11 is 0. The number of rotatable bonds is 3. The molecule has 0 atom stereocenters. The Bertz CT molecular complexity index is 891. The van der Waals surface area contributed by atoms with E-state index in [1.54, 1.807) is 41.4 Å². The lowest BCUT2D eigenvalue weighted by Crippen LogP contribution is -2.21. The van der Waals surface area contributed by atoms with Crippen molar-refractivity contribution in [1.29, 1.82) is 0 Å². The van der Waals surface area contributed by atoms with E-state index in [-0.39, 0.29) is 11.6 Å². The lowest BCUT2D eigenvalue weighted by Gasteiger charge is -2.05. The molecule has 1 aromatic carbocycles. The Hall–Kier alpha value is -2.89. The largest absolute Gasteiger partial charge is 0.333 e. The van der Waals surface area contributed by atoms with Crippen LogP contribution in [0.2, 0.25) is 0 Å². The highest BCUT2D eigenvalue weighted by atomic mass is 16.2. The number of aryl methyl sites for hydroxylation is 1. The molecule has 0 saturated heterocycles. The molecule has 0 unspecified atom stereocenters. The summed E-state index contributed by atoms with van der Waals surface area (Å²) in [5.41, 5.74) is 2.21. The molecule has 0 fully saturated rings. The summed E-state index contributed by atoms with van der Waals surface area (Å²) in [4.78, 5) is 28.0. The van der Waals surface area contributed by atoms with Gasteiger partial charge in [-0.2, -0.15) is 0 Å². The summed E-state index contributed by atoms with van der Waals surface area (Å²) in [6, 6.07) is 11.0. The molecule has 0 aliphatic heterocycles. The number of anilines is 1. The van der Waals surface area contributed by atoms with E-state index in [1.165, 1.54) is 0 Å². The molecule has 0 saturated carbocycles. The van der Waals surface area contributed by atoms with Gasteiger partial charge in [0.05, 0.1) is 22.9 Å². The third-order valence-electron chi connectivity index (χ3n) is 3.56. The number of benzene rings is 1. The number of carbonyl (C=O) groups is 1. The molecule has 2 heterocycles. The van der Waals surface area contributed by atoms with Crippen LogP contribution in [0.15, 0.2) is 47.4 Å². The first-order valence-corrected chi connectivity index (χ1v) is 7.04. The highest BCUT2D eigenvalue weighted by Gasteiger charge is 2.12. The zero-order chi connectivity index (χ0) is 15.7. The van der Waals surface area contributed by atoms with Crippen LogP contribution in [0, 0.1) is 0 Å². The maximum Gasteiger partial charge on any atom is 0.333 e. The minimum Gasteiger partial charge on any atom is -0.311 e. The Morgan fingerprint density at radius 1 is 1.18 bits per heavy atom. The number of amides is 1. The number of pyridine rings is 1. The van der Waals surface area contributed by atoms with Crippen LogP contribution in [0.1, 0.15) is 13.3 Å². The quantitative estimate of drug-likeness (QED) is 0.804. The van der Waals surface area contributed by atoms with Gasteiger partial charge in [-0.1, -0.05) is 19.1 Å². The van der Waals surface area contributed by atoms with Gasteiger partial charge in [0, 0.05) is 13.5 Å². The number of hydrogen-bond donors (Lipinski definition) is 1. The fraction of sp³-hybridized carbons (Fsp3) is 0.188. The van der Waals surface area contributed by atoms with Crippen LogP contribution in [0.3, 0.4) is 0 Å². The summed E-state index contributed by atoms with van der Waals surface area (Å²) in [5.74, 6) is 0.381. The highest BCUT2D eigenvalue weighted by Crippen LogP contribution is 2.17. The predicted octanol–water partition coefficient (Wildman–Crippen LogP) is 2.07. The van der Waals surface area contributed by atoms with E-state index in [9.17, 15) is 9.59 Å². The van der Waals surface area contributed by atoms with Gasteiger partial charge in [-0.05, 0) is 24.3 Å². The average molecular weight is 296 g/mol. The normalized spacial score (nSPS) is 10.8. The molecule has 3 aromatic rings. The van der Waals surface area contributed by atoms with Crippen LogP contribution in [0.4, 0.5) is 5.82 Å². The van der Waals surface area contributed by atoms with E-state index < -0.39 is 0 Å². The standard InChI is InChI=1S/C16H16N4O2/c1-3-15(21)18-14-9-8-11(10-17-14)20-13-7-5-4-6-12(13)19(2)16(20)22/h4-10H,3H2,1-2H3,(H,17,18,21). The van der Waals surface area contributed by atoms with Gasteiger partial charge in [0.25, 0.3) is 0 Å². The van der Waals surface area contributed by atoms with Crippen molar-refractivity contribution >= 4 is 22.8 Å². The van der Waals surface area contributed by atoms with Crippen molar-refractivity contribution in [3.8, 4) is 5.69 Å². The molecule has 1 amide bonds. The number of carbonyl (C=O) groups excluding carboxylic acids is 1. The van der Waals surface area contributed by atoms with Crippen molar-refractivity contribution in [1.82, 2.24) is 14.1 Å². The lowest BCUT2D eigenvalue weighted by molar-refractivity contribution is -0.115. The first kappa shape index (κ1) is 14.1.